The van der Waals surface area contributed by atoms with E-state index in [1.165, 1.54) is 0 Å². The number of nitrogens with two attached hydrogens (primary N) is 1. The third kappa shape index (κ3) is 3.07. The van der Waals surface area contributed by atoms with Gasteiger partial charge in [-0.15, -0.1) is 0 Å². The highest BCUT2D eigenvalue weighted by atomic mass is 16.7. The van der Waals surface area contributed by atoms with E-state index < -0.39 is 5.41 Å². The van der Waals surface area contributed by atoms with Crippen molar-refractivity contribution in [3.05, 3.63) is 11.3 Å². The summed E-state index contributed by atoms with van der Waals surface area (Å²) in [5.41, 5.74) is 6.26. The van der Waals surface area contributed by atoms with E-state index >= 15 is 0 Å². The maximum atomic E-state index is 11.6. The predicted molar refractivity (Wildman–Crippen MR) is 67.4 cm³/mol. The molecule has 1 aliphatic rings. The highest BCUT2D eigenvalue weighted by molar-refractivity contribution is 5.75. The summed E-state index contributed by atoms with van der Waals surface area (Å²) in [7, 11) is 0. The first kappa shape index (κ1) is 13.9. The Bertz CT molecular complexity index is 462. The van der Waals surface area contributed by atoms with Gasteiger partial charge < -0.3 is 19.7 Å². The zero-order valence-electron chi connectivity index (χ0n) is 11.6. The Morgan fingerprint density at radius 3 is 2.95 bits per heavy atom. The second-order valence-corrected chi connectivity index (χ2v) is 5.77. The topological polar surface area (TPSA) is 87.6 Å². The van der Waals surface area contributed by atoms with Crippen molar-refractivity contribution in [3.63, 3.8) is 0 Å². The summed E-state index contributed by atoms with van der Waals surface area (Å²) in [4.78, 5) is 11.6. The second-order valence-electron chi connectivity index (χ2n) is 5.77. The zero-order valence-corrected chi connectivity index (χ0v) is 11.6. The van der Waals surface area contributed by atoms with Crippen LogP contribution >= 0.6 is 0 Å². The van der Waals surface area contributed by atoms with E-state index in [-0.39, 0.29) is 18.8 Å². The molecule has 0 aliphatic heterocycles. The number of rotatable bonds is 3. The fraction of sp³-hybridized carbons (Fsp3) is 0.692. The predicted octanol–water partition coefficient (Wildman–Crippen LogP) is 1.94. The monoisotopic (exact) mass is 268 g/mol. The van der Waals surface area contributed by atoms with E-state index in [0.717, 1.165) is 30.6 Å². The van der Waals surface area contributed by atoms with Crippen LogP contribution in [-0.4, -0.2) is 17.9 Å². The van der Waals surface area contributed by atoms with Gasteiger partial charge in [-0.1, -0.05) is 0 Å². The Morgan fingerprint density at radius 1 is 1.53 bits per heavy atom. The number of hydrogen-bond donors (Lipinski definition) is 1. The second kappa shape index (κ2) is 5.21. The van der Waals surface area contributed by atoms with Crippen molar-refractivity contribution >= 4 is 5.97 Å². The van der Waals surface area contributed by atoms with Gasteiger partial charge in [0, 0.05) is 12.5 Å². The van der Waals surface area contributed by atoms with Crippen LogP contribution in [0.1, 0.15) is 51.0 Å². The average molecular weight is 268 g/mol. The number of carbonyl (C=O) groups is 1. The van der Waals surface area contributed by atoms with E-state index in [4.69, 9.17) is 19.7 Å². The van der Waals surface area contributed by atoms with E-state index in [1.54, 1.807) is 20.8 Å². The van der Waals surface area contributed by atoms with E-state index in [1.807, 2.05) is 0 Å². The fourth-order valence-electron chi connectivity index (χ4n) is 1.95. The van der Waals surface area contributed by atoms with Crippen molar-refractivity contribution in [1.82, 2.24) is 5.16 Å². The van der Waals surface area contributed by atoms with Crippen molar-refractivity contribution in [1.29, 1.82) is 0 Å². The summed E-state index contributed by atoms with van der Waals surface area (Å²) < 4.78 is 15.6. The largest absolute Gasteiger partial charge is 0.437 e. The molecule has 1 heterocycles. The van der Waals surface area contributed by atoms with Crippen LogP contribution in [0.2, 0.25) is 0 Å². The van der Waals surface area contributed by atoms with Crippen LogP contribution in [0.3, 0.4) is 0 Å². The lowest BCUT2D eigenvalue weighted by Gasteiger charge is -2.18. The summed E-state index contributed by atoms with van der Waals surface area (Å²) in [5, 5.41) is 3.84. The van der Waals surface area contributed by atoms with E-state index in [2.05, 4.69) is 5.16 Å². The molecule has 1 aliphatic carbocycles. The average Bonchev–Trinajstić information content (AvgIpc) is 2.72. The van der Waals surface area contributed by atoms with Gasteiger partial charge in [0.25, 0.3) is 5.88 Å². The fourth-order valence-corrected chi connectivity index (χ4v) is 1.95. The van der Waals surface area contributed by atoms with E-state index in [9.17, 15) is 4.79 Å². The van der Waals surface area contributed by atoms with Crippen LogP contribution in [0.5, 0.6) is 5.88 Å². The summed E-state index contributed by atoms with van der Waals surface area (Å²) in [6.07, 6.45) is 2.69. The molecule has 2 N–H and O–H groups in total. The molecule has 0 aromatic carbocycles. The van der Waals surface area contributed by atoms with Crippen LogP contribution in [0, 0.1) is 5.41 Å². The van der Waals surface area contributed by atoms with Crippen LogP contribution in [-0.2, 0) is 16.0 Å². The molecule has 2 rings (SSSR count). The molecule has 0 fully saturated rings. The molecule has 0 saturated carbocycles. The van der Waals surface area contributed by atoms with Crippen molar-refractivity contribution in [2.24, 2.45) is 11.1 Å². The highest BCUT2D eigenvalue weighted by Crippen LogP contribution is 2.34. The molecule has 0 bridgehead atoms. The molecule has 1 aromatic rings. The normalized spacial score (nSPS) is 18.8. The Morgan fingerprint density at radius 2 is 2.26 bits per heavy atom. The van der Waals surface area contributed by atoms with Crippen molar-refractivity contribution in [2.45, 2.75) is 46.1 Å². The van der Waals surface area contributed by atoms with Crippen LogP contribution in [0.15, 0.2) is 4.52 Å². The van der Waals surface area contributed by atoms with Crippen LogP contribution in [0.25, 0.3) is 0 Å². The Labute approximate surface area is 112 Å². The molecule has 1 atom stereocenters. The molecule has 0 amide bonds. The Hall–Kier alpha value is -1.56. The van der Waals surface area contributed by atoms with Gasteiger partial charge in [-0.2, -0.15) is 0 Å². The lowest BCUT2D eigenvalue weighted by atomic mass is 9.94. The Kier molecular flexibility index (Phi) is 3.80. The van der Waals surface area contributed by atoms with Crippen LogP contribution in [0.4, 0.5) is 0 Å². The third-order valence-electron chi connectivity index (χ3n) is 3.06. The molecular weight excluding hydrogens is 248 g/mol. The maximum absolute atomic E-state index is 11.6. The number of fused-ring (bicyclic) bond motifs is 1. The molecule has 106 valence electrons. The molecule has 6 heteroatoms. The lowest BCUT2D eigenvalue weighted by Crippen LogP contribution is -2.25. The van der Waals surface area contributed by atoms with Gasteiger partial charge in [0.05, 0.1) is 11.0 Å². The maximum Gasteiger partial charge on any atom is 0.314 e. The summed E-state index contributed by atoms with van der Waals surface area (Å²) in [5.74, 6) is 0.786. The van der Waals surface area contributed by atoms with Gasteiger partial charge >= 0.3 is 5.97 Å². The molecule has 19 heavy (non-hydrogen) atoms. The molecule has 1 aromatic heterocycles. The minimum Gasteiger partial charge on any atom is -0.437 e. The Balaban J connectivity index is 1.94. The first-order valence-electron chi connectivity index (χ1n) is 6.43. The summed E-state index contributed by atoms with van der Waals surface area (Å²) in [6.45, 7) is 5.16. The lowest BCUT2D eigenvalue weighted by molar-refractivity contribution is -0.159. The number of aromatic nitrogens is 1. The number of aryl methyl sites for hydroxylation is 1. The summed E-state index contributed by atoms with van der Waals surface area (Å²) >= 11 is 0. The van der Waals surface area contributed by atoms with Gasteiger partial charge in [0.15, 0.2) is 0 Å². The molecule has 0 saturated heterocycles. The first-order valence-corrected chi connectivity index (χ1v) is 6.43. The molecule has 1 unspecified atom stereocenters. The van der Waals surface area contributed by atoms with Gasteiger partial charge in [-0.3, -0.25) is 4.79 Å². The molecule has 6 nitrogen and oxygen atoms in total. The molecule has 0 radical (unpaired) electrons. The van der Waals surface area contributed by atoms with Crippen molar-refractivity contribution in [2.75, 3.05) is 6.79 Å². The standard InChI is InChI=1S/C13H20N2O4/c1-13(2,3)12(16)18-7-17-11-10-8(14)5-4-6-9(10)19-15-11/h8H,4-7,14H2,1-3H3. The minimum absolute atomic E-state index is 0.122. The van der Waals surface area contributed by atoms with Gasteiger partial charge in [-0.25, -0.2) is 0 Å². The quantitative estimate of drug-likeness (QED) is 0.665. The van der Waals surface area contributed by atoms with Crippen molar-refractivity contribution in [3.8, 4) is 5.88 Å². The van der Waals surface area contributed by atoms with E-state index in [0.29, 0.717) is 5.88 Å². The number of esters is 1. The zero-order chi connectivity index (χ0) is 14.0. The first-order chi connectivity index (χ1) is 8.89. The van der Waals surface area contributed by atoms with Crippen LogP contribution < -0.4 is 10.5 Å². The van der Waals surface area contributed by atoms with Gasteiger partial charge in [-0.05, 0) is 38.8 Å². The highest BCUT2D eigenvalue weighted by Gasteiger charge is 2.28. The summed E-state index contributed by atoms with van der Waals surface area (Å²) in [6, 6.07) is -0.122. The van der Waals surface area contributed by atoms with Crippen molar-refractivity contribution < 1.29 is 18.8 Å². The number of carbonyl (C=O) groups excluding carboxylic acids is 1. The van der Waals surface area contributed by atoms with Gasteiger partial charge in [0.2, 0.25) is 6.79 Å². The smallest absolute Gasteiger partial charge is 0.314 e. The minimum atomic E-state index is -0.553. The number of hydrogen-bond acceptors (Lipinski definition) is 6. The number of nitrogens with zero attached hydrogens (tertiary/aromatic N) is 1. The van der Waals surface area contributed by atoms with Gasteiger partial charge in [0.1, 0.15) is 5.76 Å². The molecule has 0 spiro atoms. The SMILES string of the molecule is CC(C)(C)C(=O)OCOc1noc2c1C(N)CCC2. The number of ether oxygens (including phenoxy) is 2. The molecular formula is C13H20N2O4. The third-order valence-corrected chi connectivity index (χ3v) is 3.06.